The summed E-state index contributed by atoms with van der Waals surface area (Å²) in [5.41, 5.74) is 2.42. The highest BCUT2D eigenvalue weighted by molar-refractivity contribution is 14.1. The molecule has 232 valence electrons. The highest BCUT2D eigenvalue weighted by atomic mass is 127. The van der Waals surface area contributed by atoms with Crippen LogP contribution in [-0.4, -0.2) is 64.0 Å². The third-order valence-corrected chi connectivity index (χ3v) is 19.8. The van der Waals surface area contributed by atoms with Crippen LogP contribution in [0.3, 0.4) is 0 Å². The predicted molar refractivity (Wildman–Crippen MR) is 188 cm³/mol. The summed E-state index contributed by atoms with van der Waals surface area (Å²) in [7, 11) is -4.72. The minimum absolute atomic E-state index is 0.00236. The van der Waals surface area contributed by atoms with E-state index < -0.39 is 16.6 Å². The normalized spacial score (nSPS) is 22.2. The summed E-state index contributed by atoms with van der Waals surface area (Å²) in [6.45, 7) is 20.1. The van der Waals surface area contributed by atoms with E-state index in [1.807, 2.05) is 25.5 Å². The number of hydrogen-bond donors (Lipinski definition) is 3. The number of aromatic nitrogens is 4. The van der Waals surface area contributed by atoms with Crippen LogP contribution in [-0.2, 0) is 11.0 Å². The SMILES string of the molecule is CC(C)(CC1C(O[Si](C)(C)C(C)(C)C)C(CO)SC1n1cnc2c(NCc3cccc(I)c3)nc(Cl)nc21)[Si](C)(C)O. The summed E-state index contributed by atoms with van der Waals surface area (Å²) in [4.78, 5) is 25.2. The van der Waals surface area contributed by atoms with Gasteiger partial charge >= 0.3 is 0 Å². The number of imidazole rings is 1. The molecule has 2 aromatic heterocycles. The molecule has 1 aliphatic heterocycles. The third-order valence-electron chi connectivity index (χ3n) is 9.31. The Kier molecular flexibility index (Phi) is 10.2. The van der Waals surface area contributed by atoms with Gasteiger partial charge in [0, 0.05) is 16.0 Å². The first-order valence-corrected chi connectivity index (χ1v) is 22.6. The molecule has 42 heavy (non-hydrogen) atoms. The summed E-state index contributed by atoms with van der Waals surface area (Å²) >= 11 is 10.5. The van der Waals surface area contributed by atoms with Gasteiger partial charge in [-0.3, -0.25) is 0 Å². The predicted octanol–water partition coefficient (Wildman–Crippen LogP) is 7.68. The number of benzene rings is 1. The molecule has 0 saturated carbocycles. The number of fused-ring (bicyclic) bond motifs is 1. The molecule has 3 N–H and O–H groups in total. The topological polar surface area (TPSA) is 105 Å². The third kappa shape index (κ3) is 7.21. The van der Waals surface area contributed by atoms with Crippen LogP contribution in [0.25, 0.3) is 11.2 Å². The van der Waals surface area contributed by atoms with Crippen molar-refractivity contribution in [2.24, 2.45) is 5.92 Å². The second kappa shape index (κ2) is 12.6. The molecular weight excluding hydrogens is 717 g/mol. The van der Waals surface area contributed by atoms with Crippen LogP contribution in [0.2, 0.25) is 41.5 Å². The van der Waals surface area contributed by atoms with Gasteiger partial charge in [-0.05, 0) is 94.6 Å². The molecule has 4 atom stereocenters. The molecule has 0 radical (unpaired) electrons. The van der Waals surface area contributed by atoms with E-state index >= 15 is 0 Å². The van der Waals surface area contributed by atoms with Gasteiger partial charge in [-0.15, -0.1) is 11.8 Å². The standard InChI is InChI=1S/C29H45ClIN5O3SSi2/c1-28(2,3)42(8,9)39-23-20(14-29(4,5)41(6,7)38)26(40-21(23)16-37)36-17-33-22-24(34-27(30)35-25(22)36)32-15-18-11-10-12-19(31)13-18/h10-13,17,20-21,23,26,37-38H,14-16H2,1-9H3,(H,32,34,35). The molecule has 1 fully saturated rings. The van der Waals surface area contributed by atoms with Crippen molar-refractivity contribution in [3.63, 3.8) is 0 Å². The maximum Gasteiger partial charge on any atom is 0.226 e. The van der Waals surface area contributed by atoms with E-state index in [0.717, 1.165) is 15.6 Å². The monoisotopic (exact) mass is 761 g/mol. The van der Waals surface area contributed by atoms with Gasteiger partial charge < -0.3 is 24.2 Å². The Labute approximate surface area is 275 Å². The first-order valence-electron chi connectivity index (χ1n) is 14.4. The summed E-state index contributed by atoms with van der Waals surface area (Å²) in [6, 6.07) is 8.28. The first-order chi connectivity index (χ1) is 19.3. The minimum atomic E-state index is -2.54. The molecule has 1 saturated heterocycles. The van der Waals surface area contributed by atoms with Gasteiger partial charge in [0.05, 0.1) is 29.7 Å². The number of aliphatic hydroxyl groups is 1. The fourth-order valence-corrected chi connectivity index (χ4v) is 9.56. The smallest absolute Gasteiger partial charge is 0.226 e. The van der Waals surface area contributed by atoms with Crippen LogP contribution < -0.4 is 5.32 Å². The van der Waals surface area contributed by atoms with E-state index in [-0.39, 0.29) is 44.6 Å². The highest BCUT2D eigenvalue weighted by Gasteiger charge is 2.53. The van der Waals surface area contributed by atoms with Crippen molar-refractivity contribution in [3.05, 3.63) is 45.0 Å². The maximum atomic E-state index is 11.3. The van der Waals surface area contributed by atoms with Gasteiger partial charge in [-0.1, -0.05) is 46.8 Å². The zero-order valence-corrected chi connectivity index (χ0v) is 31.8. The Bertz CT molecular complexity index is 1410. The molecule has 4 rings (SSSR count). The molecule has 13 heteroatoms. The number of nitrogens with one attached hydrogen (secondary N) is 1. The Morgan fingerprint density at radius 3 is 2.43 bits per heavy atom. The van der Waals surface area contributed by atoms with Crippen LogP contribution in [0.5, 0.6) is 0 Å². The number of rotatable bonds is 10. The second-order valence-electron chi connectivity index (χ2n) is 14.1. The van der Waals surface area contributed by atoms with E-state index in [1.54, 1.807) is 11.8 Å². The van der Waals surface area contributed by atoms with E-state index in [1.165, 1.54) is 0 Å². The Balaban J connectivity index is 1.76. The van der Waals surface area contributed by atoms with Crippen LogP contribution >= 0.6 is 46.0 Å². The van der Waals surface area contributed by atoms with Crippen molar-refractivity contribution in [2.45, 2.75) is 101 Å². The number of hydrogen-bond acceptors (Lipinski definition) is 8. The largest absolute Gasteiger partial charge is 0.432 e. The molecule has 0 bridgehead atoms. The summed E-state index contributed by atoms with van der Waals surface area (Å²) in [5.74, 6) is 0.586. The highest BCUT2D eigenvalue weighted by Crippen LogP contribution is 2.56. The van der Waals surface area contributed by atoms with Crippen molar-refractivity contribution in [1.82, 2.24) is 19.5 Å². The Hall–Kier alpha value is -0.746. The lowest BCUT2D eigenvalue weighted by molar-refractivity contribution is 0.0864. The number of thioether (sulfide) groups is 1. The Morgan fingerprint density at radius 1 is 1.14 bits per heavy atom. The number of aliphatic hydroxyl groups excluding tert-OH is 1. The Morgan fingerprint density at radius 2 is 1.83 bits per heavy atom. The summed E-state index contributed by atoms with van der Waals surface area (Å²) in [5, 5.41) is 13.7. The van der Waals surface area contributed by atoms with Crippen molar-refractivity contribution >= 4 is 79.6 Å². The van der Waals surface area contributed by atoms with Crippen LogP contribution in [0.15, 0.2) is 30.6 Å². The van der Waals surface area contributed by atoms with E-state index in [2.05, 4.69) is 108 Å². The lowest BCUT2D eigenvalue weighted by atomic mass is 9.89. The maximum absolute atomic E-state index is 11.3. The summed E-state index contributed by atoms with van der Waals surface area (Å²) < 4.78 is 10.4. The molecule has 1 aromatic carbocycles. The van der Waals surface area contributed by atoms with Gasteiger partial charge in [0.25, 0.3) is 0 Å². The number of anilines is 1. The van der Waals surface area contributed by atoms with Gasteiger partial charge in [0.15, 0.2) is 33.6 Å². The molecule has 0 amide bonds. The van der Waals surface area contributed by atoms with Crippen molar-refractivity contribution in [3.8, 4) is 0 Å². The van der Waals surface area contributed by atoms with Crippen LogP contribution in [0, 0.1) is 9.49 Å². The summed E-state index contributed by atoms with van der Waals surface area (Å²) in [6.07, 6.45) is 2.37. The first kappa shape index (κ1) is 34.1. The number of nitrogens with zero attached hydrogens (tertiary/aromatic N) is 4. The van der Waals surface area contributed by atoms with Crippen molar-refractivity contribution in [1.29, 1.82) is 0 Å². The van der Waals surface area contributed by atoms with E-state index in [9.17, 15) is 9.90 Å². The van der Waals surface area contributed by atoms with E-state index in [0.29, 0.717) is 23.5 Å². The lowest BCUT2D eigenvalue weighted by Gasteiger charge is -2.44. The molecule has 4 unspecified atom stereocenters. The van der Waals surface area contributed by atoms with Gasteiger partial charge in [-0.2, -0.15) is 9.97 Å². The lowest BCUT2D eigenvalue weighted by Crippen LogP contribution is -2.49. The zero-order chi connectivity index (χ0) is 31.3. The molecular formula is C29H45ClIN5O3SSi2. The van der Waals surface area contributed by atoms with Crippen LogP contribution in [0.4, 0.5) is 5.82 Å². The molecule has 0 spiro atoms. The van der Waals surface area contributed by atoms with Crippen molar-refractivity contribution < 1.29 is 14.3 Å². The second-order valence-corrected chi connectivity index (χ2v) is 26.2. The zero-order valence-electron chi connectivity index (χ0n) is 26.1. The van der Waals surface area contributed by atoms with Gasteiger partial charge in [-0.25, -0.2) is 4.98 Å². The molecule has 3 heterocycles. The minimum Gasteiger partial charge on any atom is -0.432 e. The average molecular weight is 762 g/mol. The van der Waals surface area contributed by atoms with E-state index in [4.69, 9.17) is 21.0 Å². The average Bonchev–Trinajstić information content (AvgIpc) is 3.41. The molecule has 0 aliphatic carbocycles. The number of halogens is 2. The van der Waals surface area contributed by atoms with Gasteiger partial charge in [0.2, 0.25) is 5.28 Å². The van der Waals surface area contributed by atoms with Gasteiger partial charge in [0.1, 0.15) is 0 Å². The fraction of sp³-hybridized carbons (Fsp3) is 0.621. The van der Waals surface area contributed by atoms with Crippen molar-refractivity contribution in [2.75, 3.05) is 11.9 Å². The quantitative estimate of drug-likeness (QED) is 0.110. The van der Waals surface area contributed by atoms with Crippen LogP contribution in [0.1, 0.15) is 52.0 Å². The molecule has 3 aromatic rings. The molecule has 1 aliphatic rings. The fourth-order valence-electron chi connectivity index (χ4n) is 4.98. The molecule has 8 nitrogen and oxygen atoms in total.